The van der Waals surface area contributed by atoms with Crippen molar-refractivity contribution < 1.29 is 5.11 Å². The molecule has 2 rings (SSSR count). The molecule has 56 valence electrons. The third kappa shape index (κ3) is 1.05. The standard InChI is InChI=1S/C7H6N2OS/c10-6-4-11-9-5-2-1-3-8-7(5)6/h1-4,9-10H. The average molecular weight is 166 g/mol. The first kappa shape index (κ1) is 6.54. The maximum atomic E-state index is 9.30. The van der Waals surface area contributed by atoms with Crippen LogP contribution in [0.15, 0.2) is 23.7 Å². The van der Waals surface area contributed by atoms with Gasteiger partial charge >= 0.3 is 0 Å². The molecular weight excluding hydrogens is 160 g/mol. The average Bonchev–Trinajstić information content (AvgIpc) is 2.06. The number of aromatic nitrogens is 1. The van der Waals surface area contributed by atoms with Gasteiger partial charge in [-0.15, -0.1) is 0 Å². The van der Waals surface area contributed by atoms with E-state index in [1.54, 1.807) is 11.6 Å². The summed E-state index contributed by atoms with van der Waals surface area (Å²) in [6.07, 6.45) is 1.65. The highest BCUT2D eigenvalue weighted by Crippen LogP contribution is 2.28. The quantitative estimate of drug-likeness (QED) is 0.579. The highest BCUT2D eigenvalue weighted by molar-refractivity contribution is 8.03. The van der Waals surface area contributed by atoms with E-state index >= 15 is 0 Å². The van der Waals surface area contributed by atoms with Crippen LogP contribution in [0.4, 0.5) is 5.69 Å². The summed E-state index contributed by atoms with van der Waals surface area (Å²) in [5.74, 6) is 0.226. The van der Waals surface area contributed by atoms with Gasteiger partial charge < -0.3 is 9.83 Å². The number of anilines is 1. The second kappa shape index (κ2) is 2.47. The monoisotopic (exact) mass is 166 g/mol. The Morgan fingerprint density at radius 3 is 3.27 bits per heavy atom. The summed E-state index contributed by atoms with van der Waals surface area (Å²) in [7, 11) is 0. The Morgan fingerprint density at radius 2 is 2.45 bits per heavy atom. The molecule has 0 atom stereocenters. The van der Waals surface area contributed by atoms with Crippen LogP contribution in [0, 0.1) is 0 Å². The molecule has 4 heteroatoms. The summed E-state index contributed by atoms with van der Waals surface area (Å²) in [6, 6.07) is 3.70. The highest BCUT2D eigenvalue weighted by Gasteiger charge is 2.11. The lowest BCUT2D eigenvalue weighted by molar-refractivity contribution is 0.510. The fourth-order valence-corrected chi connectivity index (χ4v) is 1.47. The van der Waals surface area contributed by atoms with Gasteiger partial charge in [0.25, 0.3) is 0 Å². The molecule has 0 bridgehead atoms. The van der Waals surface area contributed by atoms with E-state index < -0.39 is 0 Å². The number of nitrogens with zero attached hydrogens (tertiary/aromatic N) is 1. The molecule has 1 aliphatic rings. The SMILES string of the molecule is OC1=CSNc2cccnc21. The van der Waals surface area contributed by atoms with Crippen LogP contribution in [0.2, 0.25) is 0 Å². The van der Waals surface area contributed by atoms with Gasteiger partial charge in [-0.1, -0.05) is 0 Å². The second-order valence-electron chi connectivity index (χ2n) is 2.12. The van der Waals surface area contributed by atoms with E-state index in [1.807, 2.05) is 12.1 Å². The van der Waals surface area contributed by atoms with Gasteiger partial charge in [0.1, 0.15) is 5.69 Å². The molecule has 0 spiro atoms. The topological polar surface area (TPSA) is 45.1 Å². The van der Waals surface area contributed by atoms with E-state index in [0.29, 0.717) is 5.69 Å². The smallest absolute Gasteiger partial charge is 0.151 e. The van der Waals surface area contributed by atoms with Gasteiger partial charge in [-0.25, -0.2) is 0 Å². The zero-order valence-electron chi connectivity index (χ0n) is 5.61. The van der Waals surface area contributed by atoms with Gasteiger partial charge in [-0.05, 0) is 24.1 Å². The van der Waals surface area contributed by atoms with E-state index in [9.17, 15) is 5.11 Å². The van der Waals surface area contributed by atoms with E-state index in [0.717, 1.165) is 5.69 Å². The van der Waals surface area contributed by atoms with Crippen molar-refractivity contribution >= 4 is 23.4 Å². The van der Waals surface area contributed by atoms with Crippen LogP contribution < -0.4 is 4.72 Å². The van der Waals surface area contributed by atoms with Crippen LogP contribution in [0.3, 0.4) is 0 Å². The number of nitrogens with one attached hydrogen (secondary N) is 1. The summed E-state index contributed by atoms with van der Waals surface area (Å²) in [6.45, 7) is 0. The summed E-state index contributed by atoms with van der Waals surface area (Å²) < 4.78 is 3.01. The summed E-state index contributed by atoms with van der Waals surface area (Å²) in [4.78, 5) is 4.01. The third-order valence-electron chi connectivity index (χ3n) is 1.39. The first-order valence-electron chi connectivity index (χ1n) is 3.14. The molecule has 0 unspecified atom stereocenters. The molecule has 0 aliphatic carbocycles. The van der Waals surface area contributed by atoms with E-state index in [4.69, 9.17) is 0 Å². The predicted octanol–water partition coefficient (Wildman–Crippen LogP) is 2.01. The van der Waals surface area contributed by atoms with Crippen LogP contribution in [-0.4, -0.2) is 10.1 Å². The van der Waals surface area contributed by atoms with E-state index in [-0.39, 0.29) is 5.76 Å². The minimum Gasteiger partial charge on any atom is -0.505 e. The van der Waals surface area contributed by atoms with Crippen LogP contribution >= 0.6 is 11.9 Å². The molecule has 1 aliphatic heterocycles. The number of aliphatic hydroxyl groups is 1. The molecule has 1 aromatic heterocycles. The largest absolute Gasteiger partial charge is 0.505 e. The molecule has 2 heterocycles. The van der Waals surface area contributed by atoms with Crippen molar-refractivity contribution in [2.75, 3.05) is 4.72 Å². The van der Waals surface area contributed by atoms with Crippen LogP contribution in [0.1, 0.15) is 5.69 Å². The lowest BCUT2D eigenvalue weighted by atomic mass is 10.3. The molecule has 0 saturated carbocycles. The molecule has 0 aromatic carbocycles. The molecule has 11 heavy (non-hydrogen) atoms. The van der Waals surface area contributed by atoms with Gasteiger partial charge in [0, 0.05) is 11.6 Å². The van der Waals surface area contributed by atoms with E-state index in [1.165, 1.54) is 11.9 Å². The molecule has 1 aromatic rings. The van der Waals surface area contributed by atoms with E-state index in [2.05, 4.69) is 9.71 Å². The zero-order chi connectivity index (χ0) is 7.68. The normalized spacial score (nSPS) is 14.7. The van der Waals surface area contributed by atoms with Gasteiger partial charge in [-0.2, -0.15) is 0 Å². The summed E-state index contributed by atoms with van der Waals surface area (Å²) >= 11 is 1.34. The van der Waals surface area contributed by atoms with Crippen molar-refractivity contribution in [2.24, 2.45) is 0 Å². The molecule has 0 saturated heterocycles. The molecular formula is C7H6N2OS. The Bertz CT molecular complexity index is 311. The number of hydrogen-bond acceptors (Lipinski definition) is 4. The van der Waals surface area contributed by atoms with Gasteiger partial charge in [0.05, 0.1) is 5.69 Å². The second-order valence-corrected chi connectivity index (χ2v) is 2.80. The van der Waals surface area contributed by atoms with Crippen molar-refractivity contribution in [3.63, 3.8) is 0 Å². The number of hydrogen-bond donors (Lipinski definition) is 2. The van der Waals surface area contributed by atoms with Crippen LogP contribution in [0.5, 0.6) is 0 Å². The number of rotatable bonds is 0. The number of fused-ring (bicyclic) bond motifs is 1. The Morgan fingerprint density at radius 1 is 1.55 bits per heavy atom. The lowest BCUT2D eigenvalue weighted by Crippen LogP contribution is -1.99. The number of pyridine rings is 1. The van der Waals surface area contributed by atoms with Gasteiger partial charge in [0.15, 0.2) is 5.76 Å². The maximum absolute atomic E-state index is 9.30. The highest BCUT2D eigenvalue weighted by atomic mass is 32.2. The minimum absolute atomic E-state index is 0.226. The Kier molecular flexibility index (Phi) is 1.47. The fourth-order valence-electron chi connectivity index (χ4n) is 0.896. The Labute approximate surface area is 68.3 Å². The minimum atomic E-state index is 0.226. The van der Waals surface area contributed by atoms with Crippen molar-refractivity contribution in [1.82, 2.24) is 4.98 Å². The van der Waals surface area contributed by atoms with Gasteiger partial charge in [0.2, 0.25) is 0 Å². The summed E-state index contributed by atoms with van der Waals surface area (Å²) in [5.41, 5.74) is 1.48. The third-order valence-corrected chi connectivity index (χ3v) is 2.07. The van der Waals surface area contributed by atoms with Crippen molar-refractivity contribution in [2.45, 2.75) is 0 Å². The van der Waals surface area contributed by atoms with Crippen LogP contribution in [0.25, 0.3) is 5.76 Å². The molecule has 2 N–H and O–H groups in total. The van der Waals surface area contributed by atoms with Crippen molar-refractivity contribution in [3.05, 3.63) is 29.4 Å². The molecule has 0 amide bonds. The first-order valence-corrected chi connectivity index (χ1v) is 4.02. The first-order chi connectivity index (χ1) is 5.38. The Balaban J connectivity index is 2.56. The predicted molar refractivity (Wildman–Crippen MR) is 46.1 cm³/mol. The number of aliphatic hydroxyl groups excluding tert-OH is 1. The summed E-state index contributed by atoms with van der Waals surface area (Å²) in [5, 5.41) is 10.9. The van der Waals surface area contributed by atoms with Crippen molar-refractivity contribution in [1.29, 1.82) is 0 Å². The molecule has 0 fully saturated rings. The van der Waals surface area contributed by atoms with Crippen LogP contribution in [-0.2, 0) is 0 Å². The Hall–Kier alpha value is -1.16. The molecule has 3 nitrogen and oxygen atoms in total. The lowest BCUT2D eigenvalue weighted by Gasteiger charge is -2.12. The van der Waals surface area contributed by atoms with Crippen molar-refractivity contribution in [3.8, 4) is 0 Å². The zero-order valence-corrected chi connectivity index (χ0v) is 6.43. The maximum Gasteiger partial charge on any atom is 0.151 e. The fraction of sp³-hybridized carbons (Fsp3) is 0. The van der Waals surface area contributed by atoms with Gasteiger partial charge in [-0.3, -0.25) is 4.98 Å². The molecule has 0 radical (unpaired) electrons.